The molecular formula is C29H30N2O5. The molecule has 1 heterocycles. The van der Waals surface area contributed by atoms with Gasteiger partial charge in [0, 0.05) is 36.3 Å². The second kappa shape index (κ2) is 10.6. The van der Waals surface area contributed by atoms with Crippen LogP contribution in [-0.2, 0) is 16.0 Å². The zero-order valence-corrected chi connectivity index (χ0v) is 20.7. The predicted molar refractivity (Wildman–Crippen MR) is 139 cm³/mol. The number of aryl methyl sites for hydroxylation is 1. The summed E-state index contributed by atoms with van der Waals surface area (Å²) in [6.07, 6.45) is 1.06. The van der Waals surface area contributed by atoms with Crippen molar-refractivity contribution in [3.05, 3.63) is 89.5 Å². The number of hydrogen-bond donors (Lipinski definition) is 1. The van der Waals surface area contributed by atoms with E-state index in [1.54, 1.807) is 48.1 Å². The molecule has 0 saturated heterocycles. The molecule has 0 aromatic heterocycles. The standard InChI is InChI=1S/C29H30N2O5/c1-19-18-27(31(20(2)32)23-13-8-21(9-14-23)10-17-28(33)34)25-6-4-5-7-26(25)30(19)29(35)22-11-15-24(36-3)16-12-22/h4-9,11-16,19,27H,10,17-18H2,1-3H3,(H,33,34)/t19?,27-/m1/s1. The summed E-state index contributed by atoms with van der Waals surface area (Å²) >= 11 is 0. The second-order valence-electron chi connectivity index (χ2n) is 9.01. The number of nitrogens with zero attached hydrogens (tertiary/aromatic N) is 2. The van der Waals surface area contributed by atoms with E-state index < -0.39 is 5.97 Å². The predicted octanol–water partition coefficient (Wildman–Crippen LogP) is 5.25. The monoisotopic (exact) mass is 486 g/mol. The van der Waals surface area contributed by atoms with E-state index in [2.05, 4.69) is 0 Å². The summed E-state index contributed by atoms with van der Waals surface area (Å²) in [6.45, 7) is 3.54. The van der Waals surface area contributed by atoms with Crippen LogP contribution in [-0.4, -0.2) is 36.0 Å². The maximum absolute atomic E-state index is 13.6. The van der Waals surface area contributed by atoms with Crippen LogP contribution in [0.5, 0.6) is 5.75 Å². The highest BCUT2D eigenvalue weighted by molar-refractivity contribution is 6.07. The van der Waals surface area contributed by atoms with Gasteiger partial charge >= 0.3 is 5.97 Å². The Kier molecular flexibility index (Phi) is 7.38. The first-order valence-corrected chi connectivity index (χ1v) is 12.0. The van der Waals surface area contributed by atoms with E-state index in [1.165, 1.54) is 0 Å². The molecule has 36 heavy (non-hydrogen) atoms. The Morgan fingerprint density at radius 1 is 1.00 bits per heavy atom. The molecule has 0 saturated carbocycles. The Labute approximate surface area is 210 Å². The van der Waals surface area contributed by atoms with Gasteiger partial charge in [0.25, 0.3) is 5.91 Å². The van der Waals surface area contributed by atoms with Crippen molar-refractivity contribution < 1.29 is 24.2 Å². The van der Waals surface area contributed by atoms with Gasteiger partial charge in [0.1, 0.15) is 5.75 Å². The summed E-state index contributed by atoms with van der Waals surface area (Å²) in [4.78, 5) is 41.0. The fourth-order valence-electron chi connectivity index (χ4n) is 4.86. The SMILES string of the molecule is COc1ccc(C(=O)N2c3ccccc3[C@H](N(C(C)=O)c3ccc(CCC(=O)O)cc3)CC2C)cc1. The lowest BCUT2D eigenvalue weighted by atomic mass is 9.89. The van der Waals surface area contributed by atoms with Gasteiger partial charge in [-0.15, -0.1) is 0 Å². The number of methoxy groups -OCH3 is 1. The average Bonchev–Trinajstić information content (AvgIpc) is 2.88. The van der Waals surface area contributed by atoms with Crippen molar-refractivity contribution in [1.29, 1.82) is 0 Å². The van der Waals surface area contributed by atoms with Crippen LogP contribution in [0.4, 0.5) is 11.4 Å². The van der Waals surface area contributed by atoms with Crippen LogP contribution in [0.3, 0.4) is 0 Å². The Balaban J connectivity index is 1.67. The fourth-order valence-corrected chi connectivity index (χ4v) is 4.86. The molecule has 0 fully saturated rings. The quantitative estimate of drug-likeness (QED) is 0.493. The number of amides is 2. The highest BCUT2D eigenvalue weighted by atomic mass is 16.5. The minimum absolute atomic E-state index is 0.0569. The largest absolute Gasteiger partial charge is 0.497 e. The number of fused-ring (bicyclic) bond motifs is 1. The molecule has 1 aliphatic heterocycles. The van der Waals surface area contributed by atoms with Gasteiger partial charge in [-0.05, 0) is 73.4 Å². The number of carbonyl (C=O) groups is 3. The number of carboxylic acids is 1. The molecule has 0 aliphatic carbocycles. The smallest absolute Gasteiger partial charge is 0.303 e. The van der Waals surface area contributed by atoms with E-state index in [-0.39, 0.29) is 30.3 Å². The van der Waals surface area contributed by atoms with E-state index >= 15 is 0 Å². The van der Waals surface area contributed by atoms with E-state index in [1.807, 2.05) is 55.5 Å². The Morgan fingerprint density at radius 2 is 1.67 bits per heavy atom. The number of carbonyl (C=O) groups excluding carboxylic acids is 2. The van der Waals surface area contributed by atoms with Crippen LogP contribution in [0, 0.1) is 0 Å². The minimum Gasteiger partial charge on any atom is -0.497 e. The lowest BCUT2D eigenvalue weighted by molar-refractivity contribution is -0.137. The number of anilines is 2. The van der Waals surface area contributed by atoms with Crippen LogP contribution < -0.4 is 14.5 Å². The number of rotatable bonds is 7. The van der Waals surface area contributed by atoms with Gasteiger partial charge in [-0.2, -0.15) is 0 Å². The third kappa shape index (κ3) is 5.10. The number of benzene rings is 3. The normalized spacial score (nSPS) is 16.7. The molecule has 3 aromatic carbocycles. The lowest BCUT2D eigenvalue weighted by Crippen LogP contribution is -2.47. The molecule has 0 spiro atoms. The van der Waals surface area contributed by atoms with Gasteiger partial charge in [0.15, 0.2) is 0 Å². The van der Waals surface area contributed by atoms with Crippen molar-refractivity contribution in [1.82, 2.24) is 0 Å². The van der Waals surface area contributed by atoms with Crippen LogP contribution in [0.1, 0.15) is 54.2 Å². The van der Waals surface area contributed by atoms with Crippen molar-refractivity contribution in [2.75, 3.05) is 16.9 Å². The zero-order valence-electron chi connectivity index (χ0n) is 20.7. The zero-order chi connectivity index (χ0) is 25.8. The molecule has 4 rings (SSSR count). The molecule has 2 amide bonds. The summed E-state index contributed by atoms with van der Waals surface area (Å²) < 4.78 is 5.22. The van der Waals surface area contributed by atoms with Gasteiger partial charge in [-0.1, -0.05) is 30.3 Å². The summed E-state index contributed by atoms with van der Waals surface area (Å²) in [5, 5.41) is 8.95. The Hall–Kier alpha value is -4.13. The molecule has 1 N–H and O–H groups in total. The van der Waals surface area contributed by atoms with E-state index in [4.69, 9.17) is 9.84 Å². The van der Waals surface area contributed by atoms with E-state index in [0.717, 1.165) is 22.5 Å². The van der Waals surface area contributed by atoms with Crippen molar-refractivity contribution in [3.8, 4) is 5.75 Å². The van der Waals surface area contributed by atoms with Crippen LogP contribution in [0.2, 0.25) is 0 Å². The topological polar surface area (TPSA) is 87.2 Å². The van der Waals surface area contributed by atoms with Gasteiger partial charge in [-0.25, -0.2) is 0 Å². The molecule has 7 nitrogen and oxygen atoms in total. The van der Waals surface area contributed by atoms with E-state index in [9.17, 15) is 14.4 Å². The van der Waals surface area contributed by atoms with Crippen molar-refractivity contribution in [2.45, 2.75) is 45.2 Å². The number of para-hydroxylation sites is 1. The molecule has 0 radical (unpaired) electrons. The van der Waals surface area contributed by atoms with Gasteiger partial charge in [0.2, 0.25) is 5.91 Å². The molecule has 3 aromatic rings. The lowest BCUT2D eigenvalue weighted by Gasteiger charge is -2.43. The minimum atomic E-state index is -0.842. The number of aliphatic carboxylic acids is 1. The molecule has 2 atom stereocenters. The third-order valence-electron chi connectivity index (χ3n) is 6.61. The summed E-state index contributed by atoms with van der Waals surface area (Å²) in [7, 11) is 1.59. The number of hydrogen-bond acceptors (Lipinski definition) is 4. The third-order valence-corrected chi connectivity index (χ3v) is 6.61. The molecule has 186 valence electrons. The first-order chi connectivity index (χ1) is 17.3. The summed E-state index contributed by atoms with van der Waals surface area (Å²) in [6, 6.07) is 21.8. The highest BCUT2D eigenvalue weighted by Crippen LogP contribution is 2.42. The van der Waals surface area contributed by atoms with Gasteiger partial charge in [0.05, 0.1) is 13.2 Å². The summed E-state index contributed by atoms with van der Waals surface area (Å²) in [5.74, 6) is -0.362. The highest BCUT2D eigenvalue weighted by Gasteiger charge is 2.38. The van der Waals surface area contributed by atoms with Crippen LogP contribution >= 0.6 is 0 Å². The molecular weight excluding hydrogens is 456 g/mol. The Bertz CT molecular complexity index is 1250. The average molecular weight is 487 g/mol. The molecule has 0 bridgehead atoms. The number of carboxylic acid groups (broad SMARTS) is 1. The summed E-state index contributed by atoms with van der Waals surface area (Å²) in [5.41, 5.74) is 3.90. The van der Waals surface area contributed by atoms with Gasteiger partial charge in [-0.3, -0.25) is 14.4 Å². The molecule has 1 unspecified atom stereocenters. The van der Waals surface area contributed by atoms with E-state index in [0.29, 0.717) is 24.2 Å². The molecule has 1 aliphatic rings. The van der Waals surface area contributed by atoms with Crippen LogP contribution in [0.25, 0.3) is 0 Å². The first kappa shape index (κ1) is 25.0. The molecule has 7 heteroatoms. The maximum atomic E-state index is 13.6. The van der Waals surface area contributed by atoms with Crippen molar-refractivity contribution in [2.24, 2.45) is 0 Å². The van der Waals surface area contributed by atoms with Crippen molar-refractivity contribution in [3.63, 3.8) is 0 Å². The second-order valence-corrected chi connectivity index (χ2v) is 9.01. The first-order valence-electron chi connectivity index (χ1n) is 12.0. The maximum Gasteiger partial charge on any atom is 0.303 e. The fraction of sp³-hybridized carbons (Fsp3) is 0.276. The van der Waals surface area contributed by atoms with Gasteiger partial charge < -0.3 is 19.6 Å². The Morgan fingerprint density at radius 3 is 2.28 bits per heavy atom. The van der Waals surface area contributed by atoms with Crippen molar-refractivity contribution >= 4 is 29.2 Å². The number of ether oxygens (including phenoxy) is 1. The van der Waals surface area contributed by atoms with Crippen LogP contribution in [0.15, 0.2) is 72.8 Å².